The molecule has 0 aromatic heterocycles. The van der Waals surface area contributed by atoms with Gasteiger partial charge in [-0.05, 0) is 68.1 Å². The van der Waals surface area contributed by atoms with Crippen molar-refractivity contribution in [1.29, 1.82) is 0 Å². The first-order valence-corrected chi connectivity index (χ1v) is 12.7. The van der Waals surface area contributed by atoms with Crippen LogP contribution in [0, 0.1) is 0 Å². The number of benzene rings is 3. The van der Waals surface area contributed by atoms with E-state index in [1.165, 1.54) is 18.1 Å². The molecule has 7 nitrogen and oxygen atoms in total. The summed E-state index contributed by atoms with van der Waals surface area (Å²) < 4.78 is 53.5. The van der Waals surface area contributed by atoms with Crippen LogP contribution in [-0.4, -0.2) is 44.2 Å². The molecule has 0 saturated carbocycles. The molecule has 2 N–H and O–H groups in total. The number of alkyl halides is 3. The normalized spacial score (nSPS) is 18.4. The fourth-order valence-corrected chi connectivity index (χ4v) is 4.75. The number of fused-ring (bicyclic) bond motifs is 2. The summed E-state index contributed by atoms with van der Waals surface area (Å²) in [6.07, 6.45) is -5.50. The molecule has 0 saturated heterocycles. The first-order valence-electron chi connectivity index (χ1n) is 11.9. The van der Waals surface area contributed by atoms with Gasteiger partial charge in [0.2, 0.25) is 5.91 Å². The van der Waals surface area contributed by atoms with Gasteiger partial charge < -0.3 is 25.0 Å². The molecule has 0 bridgehead atoms. The maximum absolute atomic E-state index is 14.0. The zero-order valence-electron chi connectivity index (χ0n) is 21.2. The highest BCUT2D eigenvalue weighted by Crippen LogP contribution is 2.41. The molecule has 3 aromatic rings. The molecular weight excluding hydrogens is 567 g/mol. The number of nitrogens with one attached hydrogen (secondary N) is 2. The van der Waals surface area contributed by atoms with Crippen LogP contribution < -0.4 is 25.0 Å². The molecule has 1 heterocycles. The van der Waals surface area contributed by atoms with Crippen molar-refractivity contribution in [2.75, 3.05) is 19.1 Å². The van der Waals surface area contributed by atoms with E-state index in [9.17, 15) is 22.8 Å². The van der Waals surface area contributed by atoms with Gasteiger partial charge in [0, 0.05) is 10.0 Å². The highest BCUT2D eigenvalue weighted by molar-refractivity contribution is 9.10. The summed E-state index contributed by atoms with van der Waals surface area (Å²) >= 11 is 3.45. The van der Waals surface area contributed by atoms with Crippen molar-refractivity contribution in [3.8, 4) is 11.5 Å². The van der Waals surface area contributed by atoms with E-state index in [4.69, 9.17) is 9.47 Å². The Bertz CT molecular complexity index is 1380. The number of nitrogens with zero attached hydrogens (tertiary/aromatic N) is 1. The average molecular weight is 594 g/mol. The Morgan fingerprint density at radius 2 is 1.92 bits per heavy atom. The summed E-state index contributed by atoms with van der Waals surface area (Å²) in [5, 5.41) is 7.12. The van der Waals surface area contributed by atoms with E-state index in [0.29, 0.717) is 11.3 Å². The van der Waals surface area contributed by atoms with Crippen LogP contribution >= 0.6 is 15.9 Å². The van der Waals surface area contributed by atoms with Gasteiger partial charge in [0.1, 0.15) is 23.6 Å². The average Bonchev–Trinajstić information content (AvgIpc) is 2.97. The third-order valence-electron chi connectivity index (χ3n) is 6.60. The largest absolute Gasteiger partial charge is 0.496 e. The van der Waals surface area contributed by atoms with Gasteiger partial charge in [-0.3, -0.25) is 9.59 Å². The molecule has 202 valence electrons. The summed E-state index contributed by atoms with van der Waals surface area (Å²) in [5.41, 5.74) is -0.380. The van der Waals surface area contributed by atoms with Gasteiger partial charge in [-0.2, -0.15) is 13.2 Å². The van der Waals surface area contributed by atoms with E-state index in [1.54, 1.807) is 27.0 Å². The molecule has 4 rings (SSSR count). The van der Waals surface area contributed by atoms with E-state index in [0.717, 1.165) is 27.4 Å². The number of amides is 2. The lowest BCUT2D eigenvalue weighted by molar-refractivity contribution is -0.137. The fourth-order valence-electron chi connectivity index (χ4n) is 4.37. The standard InChI is InChI=1S/C27H27BrF3N3O4/c1-14(32-3)25(35)33-24-15(2)38-23-10-6-17(27(29,30)31)12-21(23)34(26(24)36)13-20-19-8-7-18(28)11-16(19)5-9-22(20)37-4/h5-12,14-15,24,32H,13H2,1-4H3,(H,33,35)/t14-,15-,24-/m0/s1. The van der Waals surface area contributed by atoms with Crippen LogP contribution in [0.15, 0.2) is 53.0 Å². The highest BCUT2D eigenvalue weighted by atomic mass is 79.9. The molecule has 38 heavy (non-hydrogen) atoms. The van der Waals surface area contributed by atoms with Crippen molar-refractivity contribution >= 4 is 44.2 Å². The van der Waals surface area contributed by atoms with Crippen molar-refractivity contribution in [3.05, 3.63) is 64.1 Å². The van der Waals surface area contributed by atoms with Gasteiger partial charge in [0.25, 0.3) is 5.91 Å². The predicted octanol–water partition coefficient (Wildman–Crippen LogP) is 5.04. The minimum atomic E-state index is -4.64. The van der Waals surface area contributed by atoms with Crippen LogP contribution in [0.5, 0.6) is 11.5 Å². The van der Waals surface area contributed by atoms with Gasteiger partial charge in [0.15, 0.2) is 0 Å². The number of halogens is 4. The minimum absolute atomic E-state index is 0.0498. The Hall–Kier alpha value is -3.31. The molecule has 3 atom stereocenters. The molecule has 0 aliphatic carbocycles. The van der Waals surface area contributed by atoms with Crippen LogP contribution in [0.2, 0.25) is 0 Å². The van der Waals surface area contributed by atoms with E-state index >= 15 is 0 Å². The molecule has 2 amide bonds. The van der Waals surface area contributed by atoms with E-state index in [2.05, 4.69) is 26.6 Å². The maximum Gasteiger partial charge on any atom is 0.416 e. The second-order valence-corrected chi connectivity index (χ2v) is 9.95. The highest BCUT2D eigenvalue weighted by Gasteiger charge is 2.40. The zero-order valence-corrected chi connectivity index (χ0v) is 22.7. The molecule has 1 aliphatic rings. The van der Waals surface area contributed by atoms with E-state index in [-0.39, 0.29) is 18.0 Å². The summed E-state index contributed by atoms with van der Waals surface area (Å²) in [4.78, 5) is 27.9. The van der Waals surface area contributed by atoms with E-state index in [1.807, 2.05) is 24.3 Å². The van der Waals surface area contributed by atoms with Crippen molar-refractivity contribution in [2.45, 2.75) is 44.8 Å². The molecular formula is C27H27BrF3N3O4. The van der Waals surface area contributed by atoms with Crippen LogP contribution in [0.1, 0.15) is 25.0 Å². The second kappa shape index (κ2) is 10.8. The zero-order chi connectivity index (χ0) is 27.8. The summed E-state index contributed by atoms with van der Waals surface area (Å²) in [6, 6.07) is 10.4. The topological polar surface area (TPSA) is 79.9 Å². The number of anilines is 1. The van der Waals surface area contributed by atoms with Gasteiger partial charge in [-0.1, -0.05) is 28.1 Å². The molecule has 3 aromatic carbocycles. The smallest absolute Gasteiger partial charge is 0.416 e. The van der Waals surface area contributed by atoms with Crippen LogP contribution in [-0.2, 0) is 22.3 Å². The molecule has 0 radical (unpaired) electrons. The second-order valence-electron chi connectivity index (χ2n) is 9.04. The predicted molar refractivity (Wildman–Crippen MR) is 141 cm³/mol. The lowest BCUT2D eigenvalue weighted by atomic mass is 10.0. The Morgan fingerprint density at radius 1 is 1.18 bits per heavy atom. The van der Waals surface area contributed by atoms with Crippen molar-refractivity contribution in [2.24, 2.45) is 0 Å². The number of rotatable bonds is 6. The number of hydrogen-bond donors (Lipinski definition) is 2. The molecule has 1 aliphatic heterocycles. The first-order chi connectivity index (χ1) is 17.9. The minimum Gasteiger partial charge on any atom is -0.496 e. The number of carbonyl (C=O) groups excluding carboxylic acids is 2. The number of likely N-dealkylation sites (N-methyl/N-ethyl adjacent to an activating group) is 1. The van der Waals surface area contributed by atoms with Crippen molar-refractivity contribution in [3.63, 3.8) is 0 Å². The summed E-state index contributed by atoms with van der Waals surface area (Å²) in [6.45, 7) is 3.09. The van der Waals surface area contributed by atoms with Gasteiger partial charge in [-0.25, -0.2) is 0 Å². The maximum atomic E-state index is 14.0. The Kier molecular flexibility index (Phi) is 7.89. The third-order valence-corrected chi connectivity index (χ3v) is 7.10. The van der Waals surface area contributed by atoms with Gasteiger partial charge in [-0.15, -0.1) is 0 Å². The van der Waals surface area contributed by atoms with Crippen LogP contribution in [0.3, 0.4) is 0 Å². The number of hydrogen-bond acceptors (Lipinski definition) is 5. The van der Waals surface area contributed by atoms with Gasteiger partial charge >= 0.3 is 6.18 Å². The lowest BCUT2D eigenvalue weighted by Gasteiger charge is -2.28. The van der Waals surface area contributed by atoms with Crippen molar-refractivity contribution < 1.29 is 32.2 Å². The number of carbonyl (C=O) groups is 2. The summed E-state index contributed by atoms with van der Waals surface area (Å²) in [5.74, 6) is -0.498. The van der Waals surface area contributed by atoms with Crippen molar-refractivity contribution in [1.82, 2.24) is 10.6 Å². The Morgan fingerprint density at radius 3 is 2.58 bits per heavy atom. The Balaban J connectivity index is 1.88. The molecule has 11 heteroatoms. The van der Waals surface area contributed by atoms with E-state index < -0.39 is 41.7 Å². The summed E-state index contributed by atoms with van der Waals surface area (Å²) in [7, 11) is 3.09. The molecule has 0 spiro atoms. The SMILES string of the molecule is CN[C@@H](C)C(=O)N[C@@H]1C(=O)N(Cc2c(OC)ccc3cc(Br)ccc23)c2cc(C(F)(F)F)ccc2O[C@H]1C. The van der Waals surface area contributed by atoms with Gasteiger partial charge in [0.05, 0.1) is 30.9 Å². The quantitative estimate of drug-likeness (QED) is 0.419. The van der Waals surface area contributed by atoms with Crippen LogP contribution in [0.25, 0.3) is 10.8 Å². The third kappa shape index (κ3) is 5.44. The number of methoxy groups -OCH3 is 1. The Labute approximate surface area is 226 Å². The van der Waals surface area contributed by atoms with Crippen LogP contribution in [0.4, 0.5) is 18.9 Å². The fraction of sp³-hybridized carbons (Fsp3) is 0.333. The molecule has 0 unspecified atom stereocenters. The first kappa shape index (κ1) is 27.7. The monoisotopic (exact) mass is 593 g/mol. The molecule has 0 fully saturated rings. The number of ether oxygens (including phenoxy) is 2. The lowest BCUT2D eigenvalue weighted by Crippen LogP contribution is -2.56.